The van der Waals surface area contributed by atoms with E-state index in [1.807, 2.05) is 6.26 Å². The third-order valence-electron chi connectivity index (χ3n) is 3.76. The Morgan fingerprint density at radius 3 is 2.61 bits per heavy atom. The van der Waals surface area contributed by atoms with E-state index < -0.39 is 17.9 Å². The van der Waals surface area contributed by atoms with E-state index in [1.165, 1.54) is 4.90 Å². The van der Waals surface area contributed by atoms with Crippen LogP contribution in [0.3, 0.4) is 0 Å². The number of carbonyl (C=O) groups excluding carboxylic acids is 3. The summed E-state index contributed by atoms with van der Waals surface area (Å²) in [7, 11) is 0. The van der Waals surface area contributed by atoms with Gasteiger partial charge in [-0.2, -0.15) is 11.8 Å². The molecule has 1 aliphatic heterocycles. The molecule has 0 radical (unpaired) electrons. The van der Waals surface area contributed by atoms with Gasteiger partial charge in [0.15, 0.2) is 0 Å². The number of hydrogen-bond acceptors (Lipinski definition) is 4. The summed E-state index contributed by atoms with van der Waals surface area (Å²) in [6.07, 6.45) is 5.19. The molecular formula is C12H18N2O3S. The molecule has 18 heavy (non-hydrogen) atoms. The molecule has 1 saturated carbocycles. The van der Waals surface area contributed by atoms with Gasteiger partial charge in [-0.15, -0.1) is 0 Å². The van der Waals surface area contributed by atoms with Crippen LogP contribution in [-0.2, 0) is 9.59 Å². The number of barbiturate groups is 1. The molecule has 1 saturated heterocycles. The van der Waals surface area contributed by atoms with Crippen molar-refractivity contribution in [3.63, 3.8) is 0 Å². The molecule has 1 heterocycles. The lowest BCUT2D eigenvalue weighted by Crippen LogP contribution is -2.60. The van der Waals surface area contributed by atoms with E-state index in [0.717, 1.165) is 19.3 Å². The second-order valence-corrected chi connectivity index (χ2v) is 5.93. The summed E-state index contributed by atoms with van der Waals surface area (Å²) < 4.78 is 0. The largest absolute Gasteiger partial charge is 0.331 e. The zero-order chi connectivity index (χ0) is 13.3. The highest BCUT2D eigenvalue weighted by atomic mass is 32.2. The van der Waals surface area contributed by atoms with Gasteiger partial charge in [-0.05, 0) is 31.9 Å². The zero-order valence-corrected chi connectivity index (χ0v) is 11.5. The molecule has 6 heteroatoms. The maximum atomic E-state index is 12.2. The van der Waals surface area contributed by atoms with Crippen LogP contribution in [0.1, 0.15) is 32.6 Å². The summed E-state index contributed by atoms with van der Waals surface area (Å²) in [5.41, 5.74) is 0. The van der Waals surface area contributed by atoms with Gasteiger partial charge in [-0.1, -0.05) is 6.92 Å². The van der Waals surface area contributed by atoms with Gasteiger partial charge in [0.25, 0.3) is 0 Å². The van der Waals surface area contributed by atoms with Crippen LogP contribution in [0.25, 0.3) is 0 Å². The molecule has 2 fully saturated rings. The molecule has 0 bridgehead atoms. The Kier molecular flexibility index (Phi) is 3.94. The van der Waals surface area contributed by atoms with Crippen LogP contribution in [0, 0.1) is 5.92 Å². The van der Waals surface area contributed by atoms with Crippen molar-refractivity contribution >= 4 is 29.6 Å². The van der Waals surface area contributed by atoms with Gasteiger partial charge < -0.3 is 0 Å². The third-order valence-corrected chi connectivity index (χ3v) is 4.86. The molecule has 1 N–H and O–H groups in total. The predicted octanol–water partition coefficient (Wildman–Crippen LogP) is 1.38. The summed E-state index contributed by atoms with van der Waals surface area (Å²) in [5, 5.41) is 2.80. The van der Waals surface area contributed by atoms with E-state index in [1.54, 1.807) is 18.7 Å². The average molecular weight is 270 g/mol. The minimum atomic E-state index is -0.698. The minimum Gasteiger partial charge on any atom is -0.277 e. The monoisotopic (exact) mass is 270 g/mol. The number of rotatable bonds is 3. The van der Waals surface area contributed by atoms with Crippen molar-refractivity contribution in [3.05, 3.63) is 0 Å². The van der Waals surface area contributed by atoms with Crippen LogP contribution in [0.2, 0.25) is 0 Å². The molecule has 100 valence electrons. The Morgan fingerprint density at radius 1 is 1.33 bits per heavy atom. The average Bonchev–Trinajstić information content (AvgIpc) is 2.77. The SMILES string of the molecule is CCC1C(=O)NC(=O)N(C2CCC(SC)C2)C1=O. The van der Waals surface area contributed by atoms with Gasteiger partial charge in [0.1, 0.15) is 5.92 Å². The Hall–Kier alpha value is -1.04. The normalized spacial score (nSPS) is 32.9. The summed E-state index contributed by atoms with van der Waals surface area (Å²) in [6, 6.07) is -0.585. The molecule has 3 unspecified atom stereocenters. The quantitative estimate of drug-likeness (QED) is 0.787. The molecule has 2 aliphatic rings. The first-order valence-corrected chi connectivity index (χ1v) is 7.58. The highest BCUT2D eigenvalue weighted by Crippen LogP contribution is 2.33. The summed E-state index contributed by atoms with van der Waals surface area (Å²) in [4.78, 5) is 36.8. The van der Waals surface area contributed by atoms with Crippen LogP contribution in [0.15, 0.2) is 0 Å². The molecule has 2 rings (SSSR count). The lowest BCUT2D eigenvalue weighted by Gasteiger charge is -2.33. The van der Waals surface area contributed by atoms with Crippen LogP contribution in [0.5, 0.6) is 0 Å². The summed E-state index contributed by atoms with van der Waals surface area (Å²) in [5.74, 6) is -1.47. The maximum absolute atomic E-state index is 12.2. The molecule has 3 atom stereocenters. The number of amides is 4. The van der Waals surface area contributed by atoms with Gasteiger partial charge in [0, 0.05) is 11.3 Å². The Morgan fingerprint density at radius 2 is 2.06 bits per heavy atom. The molecular weight excluding hydrogens is 252 g/mol. The number of imide groups is 2. The van der Waals surface area contributed by atoms with Gasteiger partial charge in [0.2, 0.25) is 11.8 Å². The van der Waals surface area contributed by atoms with Crippen molar-refractivity contribution in [1.82, 2.24) is 10.2 Å². The van der Waals surface area contributed by atoms with Gasteiger partial charge >= 0.3 is 6.03 Å². The Bertz CT molecular complexity index is 386. The van der Waals surface area contributed by atoms with Crippen molar-refractivity contribution in [2.45, 2.75) is 43.9 Å². The number of hydrogen-bond donors (Lipinski definition) is 1. The first-order chi connectivity index (χ1) is 8.58. The highest BCUT2D eigenvalue weighted by Gasteiger charge is 2.44. The van der Waals surface area contributed by atoms with E-state index in [9.17, 15) is 14.4 Å². The Balaban J connectivity index is 2.14. The van der Waals surface area contributed by atoms with Crippen LogP contribution >= 0.6 is 11.8 Å². The van der Waals surface area contributed by atoms with Crippen molar-refractivity contribution in [1.29, 1.82) is 0 Å². The number of urea groups is 1. The summed E-state index contributed by atoms with van der Waals surface area (Å²) in [6.45, 7) is 1.79. The van der Waals surface area contributed by atoms with E-state index in [4.69, 9.17) is 0 Å². The third kappa shape index (κ3) is 2.25. The summed E-state index contributed by atoms with van der Waals surface area (Å²) >= 11 is 1.77. The van der Waals surface area contributed by atoms with Crippen LogP contribution < -0.4 is 5.32 Å². The maximum Gasteiger partial charge on any atom is 0.331 e. The van der Waals surface area contributed by atoms with Crippen LogP contribution in [0.4, 0.5) is 4.79 Å². The Labute approximate surface area is 111 Å². The first kappa shape index (κ1) is 13.4. The fourth-order valence-electron chi connectivity index (χ4n) is 2.70. The van der Waals surface area contributed by atoms with Gasteiger partial charge in [0.05, 0.1) is 0 Å². The predicted molar refractivity (Wildman–Crippen MR) is 69.1 cm³/mol. The number of carbonyl (C=O) groups is 3. The van der Waals surface area contributed by atoms with E-state index in [0.29, 0.717) is 11.7 Å². The van der Waals surface area contributed by atoms with Crippen molar-refractivity contribution in [2.24, 2.45) is 5.92 Å². The lowest BCUT2D eigenvalue weighted by molar-refractivity contribution is -0.144. The van der Waals surface area contributed by atoms with Crippen molar-refractivity contribution in [3.8, 4) is 0 Å². The zero-order valence-electron chi connectivity index (χ0n) is 10.6. The second-order valence-electron chi connectivity index (χ2n) is 4.79. The smallest absolute Gasteiger partial charge is 0.277 e. The highest BCUT2D eigenvalue weighted by molar-refractivity contribution is 7.99. The number of thioether (sulfide) groups is 1. The van der Waals surface area contributed by atoms with E-state index in [-0.39, 0.29) is 11.9 Å². The number of nitrogens with one attached hydrogen (secondary N) is 1. The molecule has 0 aromatic rings. The van der Waals surface area contributed by atoms with E-state index in [2.05, 4.69) is 5.32 Å². The van der Waals surface area contributed by atoms with Crippen LogP contribution in [-0.4, -0.2) is 40.3 Å². The molecule has 1 aliphatic carbocycles. The van der Waals surface area contributed by atoms with Crippen molar-refractivity contribution < 1.29 is 14.4 Å². The fraction of sp³-hybridized carbons (Fsp3) is 0.750. The van der Waals surface area contributed by atoms with E-state index >= 15 is 0 Å². The topological polar surface area (TPSA) is 66.5 Å². The standard InChI is InChI=1S/C12H18N2O3S/c1-3-9-10(15)13-12(17)14(11(9)16)7-4-5-8(6-7)18-2/h7-9H,3-6H2,1-2H3,(H,13,15,17). The second kappa shape index (κ2) is 5.30. The molecule has 0 aromatic heterocycles. The molecule has 0 aromatic carbocycles. The first-order valence-electron chi connectivity index (χ1n) is 6.29. The molecule has 5 nitrogen and oxygen atoms in total. The fourth-order valence-corrected chi connectivity index (χ4v) is 3.49. The minimum absolute atomic E-state index is 0.0444. The van der Waals surface area contributed by atoms with Gasteiger partial charge in [-0.25, -0.2) is 4.79 Å². The lowest BCUT2D eigenvalue weighted by atomic mass is 10.0. The molecule has 0 spiro atoms. The molecule has 4 amide bonds. The number of nitrogens with zero attached hydrogens (tertiary/aromatic N) is 1. The van der Waals surface area contributed by atoms with Crippen molar-refractivity contribution in [2.75, 3.05) is 6.26 Å². The van der Waals surface area contributed by atoms with Gasteiger partial charge in [-0.3, -0.25) is 19.8 Å².